The van der Waals surface area contributed by atoms with E-state index >= 15 is 0 Å². The highest BCUT2D eigenvalue weighted by atomic mass is 32.1. The molecule has 0 radical (unpaired) electrons. The van der Waals surface area contributed by atoms with Crippen LogP contribution in [-0.2, 0) is 11.3 Å². The molecule has 0 saturated carbocycles. The third-order valence-electron chi connectivity index (χ3n) is 1.04. The van der Waals surface area contributed by atoms with Crippen molar-refractivity contribution in [3.63, 3.8) is 0 Å². The van der Waals surface area contributed by atoms with Gasteiger partial charge in [-0.2, -0.15) is 0 Å². The molecule has 0 amide bonds. The molecule has 0 atom stereocenters. The van der Waals surface area contributed by atoms with Crippen molar-refractivity contribution in [3.05, 3.63) is 24.3 Å². The van der Waals surface area contributed by atoms with Gasteiger partial charge in [0, 0.05) is 19.3 Å². The first kappa shape index (κ1) is 8.07. The quantitative estimate of drug-likeness (QED) is 0.624. The van der Waals surface area contributed by atoms with Crippen LogP contribution in [0.25, 0.3) is 0 Å². The number of hydrogen-bond donors (Lipinski definition) is 0. The Kier molecular flexibility index (Phi) is 2.92. The van der Waals surface area contributed by atoms with Crippen molar-refractivity contribution in [2.75, 3.05) is 0 Å². The lowest BCUT2D eigenvalue weighted by Crippen LogP contribution is -1.98. The van der Waals surface area contributed by atoms with Crippen LogP contribution in [0.1, 0.15) is 12.6 Å². The van der Waals surface area contributed by atoms with E-state index in [1.807, 2.05) is 0 Å². The van der Waals surface area contributed by atoms with Gasteiger partial charge in [-0.1, -0.05) is 0 Å². The minimum absolute atomic E-state index is 0.406. The second-order valence-corrected chi connectivity index (χ2v) is 2.55. The molecule has 0 aliphatic heterocycles. The lowest BCUT2D eigenvalue weighted by atomic mass is 10.5. The third-order valence-corrected chi connectivity index (χ3v) is 1.16. The second-order valence-electron chi connectivity index (χ2n) is 1.98. The monoisotopic (exact) mass is 168 g/mol. The topological polar surface area (TPSA) is 35.0 Å². The fourth-order valence-electron chi connectivity index (χ4n) is 0.580. The Bertz CT molecular complexity index is 237. The first-order chi connectivity index (χ1) is 5.29. The molecule has 11 heavy (non-hydrogen) atoms. The lowest BCUT2D eigenvalue weighted by molar-refractivity contribution is 0.293. The summed E-state index contributed by atoms with van der Waals surface area (Å²) in [6.45, 7) is 2.13. The molecule has 0 aromatic carbocycles. The Balaban J connectivity index is 2.45. The molecule has 1 rings (SSSR count). The van der Waals surface area contributed by atoms with E-state index < -0.39 is 0 Å². The van der Waals surface area contributed by atoms with E-state index in [9.17, 15) is 0 Å². The van der Waals surface area contributed by atoms with Gasteiger partial charge in [-0.3, -0.25) is 9.97 Å². The average molecular weight is 168 g/mol. The third kappa shape index (κ3) is 3.04. The van der Waals surface area contributed by atoms with Crippen molar-refractivity contribution < 1.29 is 4.74 Å². The van der Waals surface area contributed by atoms with Crippen molar-refractivity contribution in [1.82, 2.24) is 9.97 Å². The summed E-state index contributed by atoms with van der Waals surface area (Å²) in [6, 6.07) is 0. The van der Waals surface area contributed by atoms with Gasteiger partial charge >= 0.3 is 0 Å². The van der Waals surface area contributed by atoms with Crippen LogP contribution in [0.5, 0.6) is 0 Å². The van der Waals surface area contributed by atoms with Gasteiger partial charge in [-0.05, 0) is 12.2 Å². The van der Waals surface area contributed by atoms with Crippen molar-refractivity contribution in [2.45, 2.75) is 13.5 Å². The van der Waals surface area contributed by atoms with E-state index in [-0.39, 0.29) is 0 Å². The maximum absolute atomic E-state index is 5.06. The van der Waals surface area contributed by atoms with E-state index in [1.165, 1.54) is 0 Å². The Morgan fingerprint density at radius 3 is 3.00 bits per heavy atom. The molecule has 1 heterocycles. The minimum Gasteiger partial charge on any atom is -0.481 e. The number of thiocarbonyl (C=S) groups is 1. The fraction of sp³-hybridized carbons (Fsp3) is 0.286. The molecule has 0 aliphatic carbocycles. The second kappa shape index (κ2) is 3.98. The maximum atomic E-state index is 5.06. The summed E-state index contributed by atoms with van der Waals surface area (Å²) >= 11 is 4.72. The van der Waals surface area contributed by atoms with Gasteiger partial charge in [-0.15, -0.1) is 0 Å². The van der Waals surface area contributed by atoms with Crippen LogP contribution >= 0.6 is 12.2 Å². The molecule has 1 aromatic heterocycles. The summed E-state index contributed by atoms with van der Waals surface area (Å²) in [5, 5.41) is 0.524. The predicted molar refractivity (Wildman–Crippen MR) is 45.1 cm³/mol. The first-order valence-electron chi connectivity index (χ1n) is 3.17. The van der Waals surface area contributed by atoms with Crippen LogP contribution in [0.2, 0.25) is 0 Å². The molecular formula is C7H8N2OS. The summed E-state index contributed by atoms with van der Waals surface area (Å²) in [6.07, 6.45) is 4.89. The largest absolute Gasteiger partial charge is 0.481 e. The summed E-state index contributed by atoms with van der Waals surface area (Å²) < 4.78 is 5.06. The highest BCUT2D eigenvalue weighted by molar-refractivity contribution is 7.80. The van der Waals surface area contributed by atoms with Gasteiger partial charge in [0.25, 0.3) is 0 Å². The van der Waals surface area contributed by atoms with E-state index in [2.05, 4.69) is 9.97 Å². The number of ether oxygens (including phenoxy) is 1. The molecule has 0 unspecified atom stereocenters. The van der Waals surface area contributed by atoms with Gasteiger partial charge in [0.05, 0.1) is 11.9 Å². The zero-order valence-corrected chi connectivity index (χ0v) is 6.97. The van der Waals surface area contributed by atoms with Crippen molar-refractivity contribution >= 4 is 17.3 Å². The molecule has 0 spiro atoms. The fourth-order valence-corrected chi connectivity index (χ4v) is 0.639. The first-order valence-corrected chi connectivity index (χ1v) is 3.58. The maximum Gasteiger partial charge on any atom is 0.157 e. The zero-order valence-electron chi connectivity index (χ0n) is 6.15. The van der Waals surface area contributed by atoms with Crippen LogP contribution in [0.15, 0.2) is 18.6 Å². The summed E-state index contributed by atoms with van der Waals surface area (Å²) in [7, 11) is 0. The van der Waals surface area contributed by atoms with Crippen molar-refractivity contribution in [3.8, 4) is 0 Å². The van der Waals surface area contributed by atoms with Crippen LogP contribution in [0.4, 0.5) is 0 Å². The van der Waals surface area contributed by atoms with Crippen molar-refractivity contribution in [2.24, 2.45) is 0 Å². The SMILES string of the molecule is CC(=S)OCc1cnccn1. The van der Waals surface area contributed by atoms with E-state index in [1.54, 1.807) is 25.5 Å². The van der Waals surface area contributed by atoms with Crippen LogP contribution in [0.3, 0.4) is 0 Å². The molecule has 0 bridgehead atoms. The number of rotatable bonds is 2. The average Bonchev–Trinajstić information content (AvgIpc) is 2.03. The summed E-state index contributed by atoms with van der Waals surface area (Å²) in [5.41, 5.74) is 0.789. The molecule has 58 valence electrons. The van der Waals surface area contributed by atoms with Crippen LogP contribution in [-0.4, -0.2) is 15.0 Å². The smallest absolute Gasteiger partial charge is 0.157 e. The Hall–Kier alpha value is -1.03. The van der Waals surface area contributed by atoms with E-state index in [4.69, 9.17) is 17.0 Å². The normalized spacial score (nSPS) is 9.18. The van der Waals surface area contributed by atoms with E-state index in [0.717, 1.165) is 5.69 Å². The highest BCUT2D eigenvalue weighted by Gasteiger charge is 1.93. The summed E-state index contributed by atoms with van der Waals surface area (Å²) in [4.78, 5) is 7.88. The van der Waals surface area contributed by atoms with Gasteiger partial charge in [0.1, 0.15) is 6.61 Å². The Labute approximate surface area is 70.4 Å². The molecule has 1 aromatic rings. The Morgan fingerprint density at radius 2 is 2.45 bits per heavy atom. The van der Waals surface area contributed by atoms with Crippen LogP contribution in [0, 0.1) is 0 Å². The highest BCUT2D eigenvalue weighted by Crippen LogP contribution is 1.93. The van der Waals surface area contributed by atoms with Gasteiger partial charge < -0.3 is 4.74 Å². The van der Waals surface area contributed by atoms with Gasteiger partial charge in [-0.25, -0.2) is 0 Å². The molecule has 0 aliphatic rings. The standard InChI is InChI=1S/C7H8N2OS/c1-6(11)10-5-7-4-8-2-3-9-7/h2-4H,5H2,1H3. The van der Waals surface area contributed by atoms with E-state index in [0.29, 0.717) is 11.7 Å². The molecule has 4 heteroatoms. The molecule has 0 fully saturated rings. The number of aromatic nitrogens is 2. The lowest BCUT2D eigenvalue weighted by Gasteiger charge is -2.00. The zero-order chi connectivity index (χ0) is 8.10. The molecule has 0 N–H and O–H groups in total. The molecule has 3 nitrogen and oxygen atoms in total. The Morgan fingerprint density at radius 1 is 1.64 bits per heavy atom. The number of nitrogens with zero attached hydrogens (tertiary/aromatic N) is 2. The number of hydrogen-bond acceptors (Lipinski definition) is 4. The van der Waals surface area contributed by atoms with Gasteiger partial charge in [0.15, 0.2) is 5.05 Å². The van der Waals surface area contributed by atoms with Gasteiger partial charge in [0.2, 0.25) is 0 Å². The molecule has 0 saturated heterocycles. The summed E-state index contributed by atoms with van der Waals surface area (Å²) in [5.74, 6) is 0. The predicted octanol–water partition coefficient (Wildman–Crippen LogP) is 1.34. The van der Waals surface area contributed by atoms with Crippen LogP contribution < -0.4 is 0 Å². The molecular weight excluding hydrogens is 160 g/mol. The van der Waals surface area contributed by atoms with Crippen molar-refractivity contribution in [1.29, 1.82) is 0 Å². The minimum atomic E-state index is 0.406.